The second kappa shape index (κ2) is 8.68. The summed E-state index contributed by atoms with van der Waals surface area (Å²) in [6, 6.07) is 1.27. The molecule has 118 valence electrons. The first kappa shape index (κ1) is 17.5. The van der Waals surface area contributed by atoms with E-state index in [0.29, 0.717) is 12.2 Å². The Labute approximate surface area is 127 Å². The number of carbonyl (C=O) groups excluding carboxylic acids is 1. The SMILES string of the molecule is CC(C)n1cc([N+](=O)[O-])cc1C(=O)NCCSCCCO. The molecule has 21 heavy (non-hydrogen) atoms. The number of aliphatic hydroxyl groups excluding tert-OH is 1. The highest BCUT2D eigenvalue weighted by Gasteiger charge is 2.20. The zero-order valence-corrected chi connectivity index (χ0v) is 13.1. The van der Waals surface area contributed by atoms with Crippen molar-refractivity contribution in [2.45, 2.75) is 26.3 Å². The first-order chi connectivity index (χ1) is 9.97. The van der Waals surface area contributed by atoms with Crippen LogP contribution in [0.1, 0.15) is 36.8 Å². The maximum absolute atomic E-state index is 12.1. The molecular formula is C13H21N3O4S. The zero-order chi connectivity index (χ0) is 15.8. The molecule has 0 aliphatic heterocycles. The molecule has 0 saturated carbocycles. The van der Waals surface area contributed by atoms with Gasteiger partial charge in [0.1, 0.15) is 5.69 Å². The number of nitro groups is 1. The van der Waals surface area contributed by atoms with E-state index in [0.717, 1.165) is 17.9 Å². The second-order valence-corrected chi connectivity index (χ2v) is 6.01. The van der Waals surface area contributed by atoms with Crippen LogP contribution < -0.4 is 5.32 Å². The maximum atomic E-state index is 12.1. The van der Waals surface area contributed by atoms with Crippen molar-refractivity contribution in [2.24, 2.45) is 0 Å². The number of carbonyl (C=O) groups is 1. The summed E-state index contributed by atoms with van der Waals surface area (Å²) in [5.74, 6) is 1.29. The molecule has 1 aromatic heterocycles. The van der Waals surface area contributed by atoms with Crippen LogP contribution >= 0.6 is 11.8 Å². The summed E-state index contributed by atoms with van der Waals surface area (Å²) in [6.45, 7) is 4.40. The molecule has 7 nitrogen and oxygen atoms in total. The Balaban J connectivity index is 2.58. The van der Waals surface area contributed by atoms with E-state index in [1.165, 1.54) is 12.3 Å². The van der Waals surface area contributed by atoms with Gasteiger partial charge in [-0.1, -0.05) is 0 Å². The van der Waals surface area contributed by atoms with E-state index in [9.17, 15) is 14.9 Å². The van der Waals surface area contributed by atoms with Crippen LogP contribution in [0.2, 0.25) is 0 Å². The van der Waals surface area contributed by atoms with Gasteiger partial charge >= 0.3 is 0 Å². The molecule has 0 aromatic carbocycles. The maximum Gasteiger partial charge on any atom is 0.287 e. The molecule has 0 aliphatic rings. The average Bonchev–Trinajstić information content (AvgIpc) is 2.88. The van der Waals surface area contributed by atoms with Crippen LogP contribution in [0.4, 0.5) is 5.69 Å². The first-order valence-electron chi connectivity index (χ1n) is 6.80. The Morgan fingerprint density at radius 3 is 2.81 bits per heavy atom. The molecular weight excluding hydrogens is 294 g/mol. The van der Waals surface area contributed by atoms with Gasteiger partial charge in [0.15, 0.2) is 0 Å². The number of thioether (sulfide) groups is 1. The molecule has 0 saturated heterocycles. The number of nitrogens with one attached hydrogen (secondary N) is 1. The quantitative estimate of drug-likeness (QED) is 0.411. The van der Waals surface area contributed by atoms with E-state index in [1.54, 1.807) is 16.3 Å². The minimum atomic E-state index is -0.500. The average molecular weight is 315 g/mol. The number of aromatic nitrogens is 1. The lowest BCUT2D eigenvalue weighted by Crippen LogP contribution is -2.28. The second-order valence-electron chi connectivity index (χ2n) is 4.79. The van der Waals surface area contributed by atoms with Gasteiger partial charge in [-0.3, -0.25) is 14.9 Å². The number of rotatable bonds is 9. The molecule has 1 amide bonds. The summed E-state index contributed by atoms with van der Waals surface area (Å²) < 4.78 is 1.60. The molecule has 0 bridgehead atoms. The highest BCUT2D eigenvalue weighted by Crippen LogP contribution is 2.20. The van der Waals surface area contributed by atoms with Crippen molar-refractivity contribution in [3.05, 3.63) is 28.1 Å². The van der Waals surface area contributed by atoms with Gasteiger partial charge in [0, 0.05) is 31.0 Å². The molecule has 8 heteroatoms. The van der Waals surface area contributed by atoms with Crippen LogP contribution in [0, 0.1) is 10.1 Å². The van der Waals surface area contributed by atoms with Crippen LogP contribution in [0.15, 0.2) is 12.3 Å². The molecule has 1 heterocycles. The lowest BCUT2D eigenvalue weighted by molar-refractivity contribution is -0.384. The zero-order valence-electron chi connectivity index (χ0n) is 12.2. The number of hydrogen-bond donors (Lipinski definition) is 2. The van der Waals surface area contributed by atoms with Crippen molar-refractivity contribution in [1.82, 2.24) is 9.88 Å². The van der Waals surface area contributed by atoms with E-state index < -0.39 is 4.92 Å². The molecule has 1 aromatic rings. The van der Waals surface area contributed by atoms with E-state index >= 15 is 0 Å². The van der Waals surface area contributed by atoms with E-state index in [1.807, 2.05) is 13.8 Å². The van der Waals surface area contributed by atoms with Gasteiger partial charge in [-0.15, -0.1) is 0 Å². The summed E-state index contributed by atoms with van der Waals surface area (Å²) >= 11 is 1.65. The smallest absolute Gasteiger partial charge is 0.287 e. The predicted octanol–water partition coefficient (Wildman–Crippen LogP) is 1.82. The van der Waals surface area contributed by atoms with E-state index in [2.05, 4.69) is 5.32 Å². The Kier molecular flexibility index (Phi) is 7.24. The third-order valence-electron chi connectivity index (χ3n) is 2.81. The molecule has 0 unspecified atom stereocenters. The van der Waals surface area contributed by atoms with Crippen LogP contribution in [0.25, 0.3) is 0 Å². The van der Waals surface area contributed by atoms with Gasteiger partial charge in [-0.05, 0) is 26.0 Å². The molecule has 0 atom stereocenters. The first-order valence-corrected chi connectivity index (χ1v) is 7.96. The number of amides is 1. The van der Waals surface area contributed by atoms with Gasteiger partial charge in [0.2, 0.25) is 0 Å². The monoisotopic (exact) mass is 315 g/mol. The lowest BCUT2D eigenvalue weighted by Gasteiger charge is -2.12. The fraction of sp³-hybridized carbons (Fsp3) is 0.615. The number of nitrogens with zero attached hydrogens (tertiary/aromatic N) is 2. The van der Waals surface area contributed by atoms with Crippen LogP contribution in [-0.2, 0) is 0 Å². The molecule has 2 N–H and O–H groups in total. The number of hydrogen-bond acceptors (Lipinski definition) is 5. The van der Waals surface area contributed by atoms with Crippen molar-refractivity contribution in [1.29, 1.82) is 0 Å². The van der Waals surface area contributed by atoms with E-state index in [4.69, 9.17) is 5.11 Å². The summed E-state index contributed by atoms with van der Waals surface area (Å²) in [5.41, 5.74) is 0.225. The molecule has 1 rings (SSSR count). The predicted molar refractivity (Wildman–Crippen MR) is 82.8 cm³/mol. The van der Waals surface area contributed by atoms with Gasteiger partial charge in [0.25, 0.3) is 11.6 Å². The van der Waals surface area contributed by atoms with Crippen molar-refractivity contribution in [3.8, 4) is 0 Å². The summed E-state index contributed by atoms with van der Waals surface area (Å²) in [4.78, 5) is 22.4. The minimum Gasteiger partial charge on any atom is -0.396 e. The summed E-state index contributed by atoms with van der Waals surface area (Å²) in [5, 5.41) is 22.2. The third-order valence-corrected chi connectivity index (χ3v) is 3.88. The van der Waals surface area contributed by atoms with Crippen LogP contribution in [0.3, 0.4) is 0 Å². The van der Waals surface area contributed by atoms with Crippen molar-refractivity contribution < 1.29 is 14.8 Å². The Hall–Kier alpha value is -1.54. The minimum absolute atomic E-state index is 0.0293. The largest absolute Gasteiger partial charge is 0.396 e. The lowest BCUT2D eigenvalue weighted by atomic mass is 10.3. The summed E-state index contributed by atoms with van der Waals surface area (Å²) in [6.07, 6.45) is 2.12. The van der Waals surface area contributed by atoms with Crippen LogP contribution in [0.5, 0.6) is 0 Å². The van der Waals surface area contributed by atoms with Crippen LogP contribution in [-0.4, -0.2) is 45.2 Å². The Morgan fingerprint density at radius 2 is 2.24 bits per heavy atom. The molecule has 0 aliphatic carbocycles. The van der Waals surface area contributed by atoms with Crippen molar-refractivity contribution in [2.75, 3.05) is 24.7 Å². The fourth-order valence-corrected chi connectivity index (χ4v) is 2.55. The van der Waals surface area contributed by atoms with Crippen molar-refractivity contribution in [3.63, 3.8) is 0 Å². The third kappa shape index (κ3) is 5.39. The highest BCUT2D eigenvalue weighted by atomic mass is 32.2. The van der Waals surface area contributed by atoms with Gasteiger partial charge < -0.3 is 15.0 Å². The molecule has 0 fully saturated rings. The van der Waals surface area contributed by atoms with E-state index in [-0.39, 0.29) is 24.2 Å². The fourth-order valence-electron chi connectivity index (χ4n) is 1.77. The molecule has 0 radical (unpaired) electrons. The standard InChI is InChI=1S/C13H21N3O4S/c1-10(2)15-9-11(16(19)20)8-12(15)13(18)14-4-7-21-6-3-5-17/h8-10,17H,3-7H2,1-2H3,(H,14,18). The Bertz CT molecular complexity index is 488. The van der Waals surface area contributed by atoms with Gasteiger partial charge in [0.05, 0.1) is 11.1 Å². The van der Waals surface area contributed by atoms with Crippen molar-refractivity contribution >= 4 is 23.4 Å². The normalized spacial score (nSPS) is 10.9. The number of aliphatic hydroxyl groups is 1. The molecule has 0 spiro atoms. The highest BCUT2D eigenvalue weighted by molar-refractivity contribution is 7.99. The topological polar surface area (TPSA) is 97.4 Å². The van der Waals surface area contributed by atoms with Gasteiger partial charge in [-0.25, -0.2) is 0 Å². The summed E-state index contributed by atoms with van der Waals surface area (Å²) in [7, 11) is 0. The Morgan fingerprint density at radius 1 is 1.52 bits per heavy atom. The van der Waals surface area contributed by atoms with Gasteiger partial charge in [-0.2, -0.15) is 11.8 Å².